The zero-order valence-electron chi connectivity index (χ0n) is 9.83. The second-order valence-corrected chi connectivity index (χ2v) is 5.06. The fraction of sp³-hybridized carbons (Fsp3) is 0.917. The summed E-state index contributed by atoms with van der Waals surface area (Å²) < 4.78 is 0. The van der Waals surface area contributed by atoms with Crippen LogP contribution < -0.4 is 5.32 Å². The van der Waals surface area contributed by atoms with Crippen LogP contribution >= 0.6 is 0 Å². The van der Waals surface area contributed by atoms with Crippen LogP contribution in [-0.4, -0.2) is 37.0 Å². The molecular weight excluding hydrogens is 188 g/mol. The molecule has 2 unspecified atom stereocenters. The van der Waals surface area contributed by atoms with E-state index in [1.807, 2.05) is 0 Å². The molecular formula is C12H22N2O. The summed E-state index contributed by atoms with van der Waals surface area (Å²) in [4.78, 5) is 14.3. The second-order valence-electron chi connectivity index (χ2n) is 5.06. The van der Waals surface area contributed by atoms with Gasteiger partial charge in [0.2, 0.25) is 5.91 Å². The van der Waals surface area contributed by atoms with Crippen LogP contribution in [-0.2, 0) is 4.79 Å². The number of hydrogen-bond acceptors (Lipinski definition) is 2. The van der Waals surface area contributed by atoms with Crippen molar-refractivity contribution in [1.29, 1.82) is 0 Å². The highest BCUT2D eigenvalue weighted by atomic mass is 16.2. The van der Waals surface area contributed by atoms with Gasteiger partial charge in [-0.2, -0.15) is 0 Å². The molecule has 3 heteroatoms. The van der Waals surface area contributed by atoms with E-state index in [1.54, 1.807) is 0 Å². The minimum absolute atomic E-state index is 0.226. The maximum atomic E-state index is 12.2. The van der Waals surface area contributed by atoms with Gasteiger partial charge in [0.15, 0.2) is 0 Å². The number of carbonyl (C=O) groups excluding carboxylic acids is 1. The summed E-state index contributed by atoms with van der Waals surface area (Å²) in [7, 11) is 0. The smallest absolute Gasteiger partial charge is 0.227 e. The normalized spacial score (nSPS) is 30.5. The van der Waals surface area contributed by atoms with Crippen LogP contribution in [0.5, 0.6) is 0 Å². The average molecular weight is 210 g/mol. The predicted octanol–water partition coefficient (Wildman–Crippen LogP) is 1.10. The first-order chi connectivity index (χ1) is 7.22. The van der Waals surface area contributed by atoms with Crippen LogP contribution in [0.3, 0.4) is 0 Å². The maximum absolute atomic E-state index is 12.2. The lowest BCUT2D eigenvalue weighted by Crippen LogP contribution is -2.39. The van der Waals surface area contributed by atoms with Gasteiger partial charge in [-0.3, -0.25) is 4.79 Å². The molecule has 1 saturated heterocycles. The lowest BCUT2D eigenvalue weighted by Gasteiger charge is -2.25. The second kappa shape index (κ2) is 4.52. The fourth-order valence-electron chi connectivity index (χ4n) is 2.36. The van der Waals surface area contributed by atoms with E-state index in [4.69, 9.17) is 0 Å². The standard InChI is InChI=1S/C12H22N2O/c1-3-14(8-10-4-5-10)12(15)11-7-13-6-9(11)2/h9-11,13H,3-8H2,1-2H3. The van der Waals surface area contributed by atoms with Gasteiger partial charge < -0.3 is 10.2 Å². The van der Waals surface area contributed by atoms with Crippen molar-refractivity contribution in [3.63, 3.8) is 0 Å². The van der Waals surface area contributed by atoms with Gasteiger partial charge in [0.1, 0.15) is 0 Å². The molecule has 15 heavy (non-hydrogen) atoms. The molecule has 1 N–H and O–H groups in total. The van der Waals surface area contributed by atoms with Crippen molar-refractivity contribution >= 4 is 5.91 Å². The third-order valence-corrected chi connectivity index (χ3v) is 3.70. The first-order valence-electron chi connectivity index (χ1n) is 6.22. The van der Waals surface area contributed by atoms with E-state index in [-0.39, 0.29) is 5.92 Å². The molecule has 86 valence electrons. The van der Waals surface area contributed by atoms with Gasteiger partial charge in [-0.05, 0) is 38.1 Å². The molecule has 0 aromatic heterocycles. The molecule has 1 saturated carbocycles. The first-order valence-corrected chi connectivity index (χ1v) is 6.22. The van der Waals surface area contributed by atoms with Crippen LogP contribution in [0.2, 0.25) is 0 Å². The Morgan fingerprint density at radius 3 is 2.60 bits per heavy atom. The fourth-order valence-corrected chi connectivity index (χ4v) is 2.36. The molecule has 1 amide bonds. The molecule has 2 rings (SSSR count). The maximum Gasteiger partial charge on any atom is 0.227 e. The molecule has 0 bridgehead atoms. The zero-order valence-corrected chi connectivity index (χ0v) is 9.83. The van der Waals surface area contributed by atoms with Crippen LogP contribution in [0, 0.1) is 17.8 Å². The predicted molar refractivity (Wildman–Crippen MR) is 60.5 cm³/mol. The average Bonchev–Trinajstić information content (AvgIpc) is 2.95. The molecule has 2 atom stereocenters. The van der Waals surface area contributed by atoms with E-state index in [0.717, 1.165) is 32.1 Å². The number of hydrogen-bond donors (Lipinski definition) is 1. The molecule has 0 spiro atoms. The Morgan fingerprint density at radius 2 is 2.13 bits per heavy atom. The monoisotopic (exact) mass is 210 g/mol. The van der Waals surface area contributed by atoms with Crippen molar-refractivity contribution in [2.24, 2.45) is 17.8 Å². The first kappa shape index (κ1) is 10.9. The van der Waals surface area contributed by atoms with E-state index in [1.165, 1.54) is 12.8 Å². The van der Waals surface area contributed by atoms with Crippen molar-refractivity contribution < 1.29 is 4.79 Å². The largest absolute Gasteiger partial charge is 0.342 e. The number of carbonyl (C=O) groups is 1. The van der Waals surface area contributed by atoms with Crippen LogP contribution in [0.15, 0.2) is 0 Å². The minimum atomic E-state index is 0.226. The van der Waals surface area contributed by atoms with Crippen molar-refractivity contribution in [3.05, 3.63) is 0 Å². The third kappa shape index (κ3) is 2.51. The summed E-state index contributed by atoms with van der Waals surface area (Å²) >= 11 is 0. The highest BCUT2D eigenvalue weighted by molar-refractivity contribution is 5.79. The van der Waals surface area contributed by atoms with E-state index >= 15 is 0 Å². The summed E-state index contributed by atoms with van der Waals surface area (Å²) in [5, 5.41) is 3.30. The van der Waals surface area contributed by atoms with Crippen LogP contribution in [0.4, 0.5) is 0 Å². The Kier molecular flexibility index (Phi) is 3.29. The van der Waals surface area contributed by atoms with Crippen LogP contribution in [0.25, 0.3) is 0 Å². The molecule has 0 radical (unpaired) electrons. The summed E-state index contributed by atoms with van der Waals surface area (Å²) in [6.45, 7) is 8.01. The van der Waals surface area contributed by atoms with Gasteiger partial charge >= 0.3 is 0 Å². The summed E-state index contributed by atoms with van der Waals surface area (Å²) in [5.41, 5.74) is 0. The quantitative estimate of drug-likeness (QED) is 0.753. The molecule has 0 aromatic carbocycles. The van der Waals surface area contributed by atoms with Crippen molar-refractivity contribution in [1.82, 2.24) is 10.2 Å². The third-order valence-electron chi connectivity index (χ3n) is 3.70. The Morgan fingerprint density at radius 1 is 1.40 bits per heavy atom. The summed E-state index contributed by atoms with van der Waals surface area (Å²) in [5.74, 6) is 1.91. The highest BCUT2D eigenvalue weighted by Crippen LogP contribution is 2.30. The van der Waals surface area contributed by atoms with Crippen molar-refractivity contribution in [2.75, 3.05) is 26.2 Å². The zero-order chi connectivity index (χ0) is 10.8. The van der Waals surface area contributed by atoms with Gasteiger partial charge in [-0.1, -0.05) is 6.92 Å². The highest BCUT2D eigenvalue weighted by Gasteiger charge is 2.34. The lowest BCUT2D eigenvalue weighted by molar-refractivity contribution is -0.136. The van der Waals surface area contributed by atoms with Crippen molar-refractivity contribution in [3.8, 4) is 0 Å². The van der Waals surface area contributed by atoms with Crippen LogP contribution in [0.1, 0.15) is 26.7 Å². The van der Waals surface area contributed by atoms with Crippen molar-refractivity contribution in [2.45, 2.75) is 26.7 Å². The number of rotatable bonds is 4. The number of nitrogens with zero attached hydrogens (tertiary/aromatic N) is 1. The molecule has 1 aliphatic heterocycles. The number of nitrogens with one attached hydrogen (secondary N) is 1. The van der Waals surface area contributed by atoms with Gasteiger partial charge in [0.05, 0.1) is 5.92 Å². The Bertz CT molecular complexity index is 238. The van der Waals surface area contributed by atoms with E-state index in [9.17, 15) is 4.79 Å². The molecule has 3 nitrogen and oxygen atoms in total. The Labute approximate surface area is 92.2 Å². The minimum Gasteiger partial charge on any atom is -0.342 e. The summed E-state index contributed by atoms with van der Waals surface area (Å²) in [6, 6.07) is 0. The lowest BCUT2D eigenvalue weighted by atomic mass is 9.96. The van der Waals surface area contributed by atoms with Gasteiger partial charge in [-0.15, -0.1) is 0 Å². The molecule has 1 aliphatic carbocycles. The van der Waals surface area contributed by atoms with Gasteiger partial charge in [-0.25, -0.2) is 0 Å². The topological polar surface area (TPSA) is 32.3 Å². The summed E-state index contributed by atoms with van der Waals surface area (Å²) in [6.07, 6.45) is 2.64. The molecule has 2 aliphatic rings. The van der Waals surface area contributed by atoms with Gasteiger partial charge in [0, 0.05) is 19.6 Å². The molecule has 1 heterocycles. The Hall–Kier alpha value is -0.570. The Balaban J connectivity index is 1.90. The van der Waals surface area contributed by atoms with E-state index in [2.05, 4.69) is 24.1 Å². The van der Waals surface area contributed by atoms with E-state index < -0.39 is 0 Å². The molecule has 0 aromatic rings. The molecule has 2 fully saturated rings. The van der Waals surface area contributed by atoms with E-state index in [0.29, 0.717) is 11.8 Å². The SMILES string of the molecule is CCN(CC1CC1)C(=O)C1CNCC1C. The van der Waals surface area contributed by atoms with Gasteiger partial charge in [0.25, 0.3) is 0 Å². The number of amides is 1.